The maximum atomic E-state index is 13.4. The van der Waals surface area contributed by atoms with Crippen LogP contribution in [0.15, 0.2) is 36.4 Å². The largest absolute Gasteiger partial charge is 0.298 e. The number of carbonyl (C=O) groups excluding carboxylic acids is 2. The maximum Gasteiger partial charge on any atom is 0.155 e. The van der Waals surface area contributed by atoms with Crippen molar-refractivity contribution in [3.8, 4) is 11.1 Å². The van der Waals surface area contributed by atoms with Crippen LogP contribution in [0.25, 0.3) is 11.1 Å². The summed E-state index contributed by atoms with van der Waals surface area (Å²) in [5, 5.41) is 0. The van der Waals surface area contributed by atoms with Crippen molar-refractivity contribution >= 4 is 12.6 Å². The number of carbonyl (C=O) groups is 2. The van der Waals surface area contributed by atoms with Crippen molar-refractivity contribution < 1.29 is 18.4 Å². The van der Waals surface area contributed by atoms with Crippen LogP contribution in [0.1, 0.15) is 20.7 Å². The summed E-state index contributed by atoms with van der Waals surface area (Å²) in [6.45, 7) is 0. The van der Waals surface area contributed by atoms with Crippen LogP contribution in [-0.4, -0.2) is 12.6 Å². The first-order chi connectivity index (χ1) is 8.65. The Morgan fingerprint density at radius 1 is 0.778 bits per heavy atom. The van der Waals surface area contributed by atoms with Gasteiger partial charge in [-0.15, -0.1) is 0 Å². The van der Waals surface area contributed by atoms with E-state index in [9.17, 15) is 18.4 Å². The van der Waals surface area contributed by atoms with E-state index < -0.39 is 17.2 Å². The Kier molecular flexibility index (Phi) is 3.28. The molecular formula is C14H8F2O2. The minimum Gasteiger partial charge on any atom is -0.298 e. The van der Waals surface area contributed by atoms with Crippen LogP contribution in [0.5, 0.6) is 0 Å². The van der Waals surface area contributed by atoms with E-state index in [1.54, 1.807) is 24.3 Å². The predicted molar refractivity (Wildman–Crippen MR) is 62.6 cm³/mol. The minimum absolute atomic E-state index is 0.143. The highest BCUT2D eigenvalue weighted by atomic mass is 19.1. The summed E-state index contributed by atoms with van der Waals surface area (Å²) in [5.41, 5.74) is 0.774. The number of aldehydes is 2. The molecule has 90 valence electrons. The Labute approximate surface area is 102 Å². The molecule has 2 rings (SSSR count). The lowest BCUT2D eigenvalue weighted by atomic mass is 10.0. The molecule has 0 aliphatic heterocycles. The van der Waals surface area contributed by atoms with Crippen LogP contribution in [0.4, 0.5) is 8.78 Å². The normalized spacial score (nSPS) is 10.1. The van der Waals surface area contributed by atoms with Gasteiger partial charge in [0.05, 0.1) is 5.56 Å². The third-order valence-corrected chi connectivity index (χ3v) is 2.58. The van der Waals surface area contributed by atoms with E-state index in [0.717, 1.165) is 12.1 Å². The van der Waals surface area contributed by atoms with E-state index in [2.05, 4.69) is 0 Å². The van der Waals surface area contributed by atoms with Gasteiger partial charge < -0.3 is 0 Å². The molecule has 0 N–H and O–H groups in total. The predicted octanol–water partition coefficient (Wildman–Crippen LogP) is 3.26. The third-order valence-electron chi connectivity index (χ3n) is 2.58. The molecule has 18 heavy (non-hydrogen) atoms. The molecule has 0 radical (unpaired) electrons. The fourth-order valence-corrected chi connectivity index (χ4v) is 1.62. The summed E-state index contributed by atoms with van der Waals surface area (Å²) in [5.74, 6) is -1.81. The van der Waals surface area contributed by atoms with Crippen LogP contribution < -0.4 is 0 Å². The molecule has 0 atom stereocenters. The van der Waals surface area contributed by atoms with E-state index in [0.29, 0.717) is 23.0 Å². The summed E-state index contributed by atoms with van der Waals surface area (Å²) in [6, 6.07) is 8.43. The second kappa shape index (κ2) is 4.87. The standard InChI is InChI=1S/C14H8F2O2/c15-13-5-11(6-14(16)12(13)8-18)10-3-1-9(7-17)2-4-10/h1-8H. The molecule has 0 aromatic heterocycles. The second-order valence-electron chi connectivity index (χ2n) is 3.71. The molecule has 0 saturated carbocycles. The molecule has 0 spiro atoms. The third kappa shape index (κ3) is 2.18. The van der Waals surface area contributed by atoms with Gasteiger partial charge in [0.1, 0.15) is 17.9 Å². The molecule has 0 bridgehead atoms. The lowest BCUT2D eigenvalue weighted by molar-refractivity contribution is 0.111. The summed E-state index contributed by atoms with van der Waals surface area (Å²) in [7, 11) is 0. The van der Waals surface area contributed by atoms with Gasteiger partial charge in [0.25, 0.3) is 0 Å². The average Bonchev–Trinajstić information content (AvgIpc) is 2.38. The molecule has 2 aromatic rings. The summed E-state index contributed by atoms with van der Waals surface area (Å²) < 4.78 is 26.8. The highest BCUT2D eigenvalue weighted by Gasteiger charge is 2.11. The molecule has 2 nitrogen and oxygen atoms in total. The number of halogens is 2. The van der Waals surface area contributed by atoms with Gasteiger partial charge in [-0.1, -0.05) is 24.3 Å². The zero-order valence-electron chi connectivity index (χ0n) is 9.19. The van der Waals surface area contributed by atoms with Crippen LogP contribution >= 0.6 is 0 Å². The second-order valence-corrected chi connectivity index (χ2v) is 3.71. The number of hydrogen-bond acceptors (Lipinski definition) is 2. The van der Waals surface area contributed by atoms with Crippen molar-refractivity contribution in [1.29, 1.82) is 0 Å². The first kappa shape index (κ1) is 12.1. The van der Waals surface area contributed by atoms with Crippen molar-refractivity contribution in [1.82, 2.24) is 0 Å². The summed E-state index contributed by atoms with van der Waals surface area (Å²) in [4.78, 5) is 20.9. The zero-order valence-corrected chi connectivity index (χ0v) is 9.19. The molecule has 0 heterocycles. The number of hydrogen-bond donors (Lipinski definition) is 0. The Morgan fingerprint density at radius 2 is 1.33 bits per heavy atom. The van der Waals surface area contributed by atoms with Crippen LogP contribution in [0, 0.1) is 11.6 Å². The number of benzene rings is 2. The van der Waals surface area contributed by atoms with Crippen molar-refractivity contribution in [3.63, 3.8) is 0 Å². The highest BCUT2D eigenvalue weighted by Crippen LogP contribution is 2.23. The maximum absolute atomic E-state index is 13.4. The van der Waals surface area contributed by atoms with Gasteiger partial charge in [0.2, 0.25) is 0 Å². The van der Waals surface area contributed by atoms with Gasteiger partial charge in [-0.25, -0.2) is 8.78 Å². The first-order valence-corrected chi connectivity index (χ1v) is 5.15. The molecule has 0 unspecified atom stereocenters. The number of rotatable bonds is 3. The van der Waals surface area contributed by atoms with Gasteiger partial charge >= 0.3 is 0 Å². The fraction of sp³-hybridized carbons (Fsp3) is 0. The Balaban J connectivity index is 2.50. The van der Waals surface area contributed by atoms with E-state index in [1.807, 2.05) is 0 Å². The van der Waals surface area contributed by atoms with E-state index in [1.165, 1.54) is 0 Å². The lowest BCUT2D eigenvalue weighted by Gasteiger charge is -2.04. The fourth-order valence-electron chi connectivity index (χ4n) is 1.62. The van der Waals surface area contributed by atoms with Crippen molar-refractivity contribution in [2.24, 2.45) is 0 Å². The first-order valence-electron chi connectivity index (χ1n) is 5.15. The van der Waals surface area contributed by atoms with Crippen LogP contribution in [-0.2, 0) is 0 Å². The Bertz CT molecular complexity index is 581. The van der Waals surface area contributed by atoms with E-state index in [4.69, 9.17) is 0 Å². The zero-order chi connectivity index (χ0) is 13.1. The quantitative estimate of drug-likeness (QED) is 0.779. The lowest BCUT2D eigenvalue weighted by Crippen LogP contribution is -1.94. The van der Waals surface area contributed by atoms with Gasteiger partial charge in [0, 0.05) is 5.56 Å². The molecule has 2 aromatic carbocycles. The SMILES string of the molecule is O=Cc1ccc(-c2cc(F)c(C=O)c(F)c2)cc1. The monoisotopic (exact) mass is 246 g/mol. The molecule has 0 fully saturated rings. The van der Waals surface area contributed by atoms with E-state index >= 15 is 0 Å². The topological polar surface area (TPSA) is 34.1 Å². The van der Waals surface area contributed by atoms with E-state index in [-0.39, 0.29) is 6.29 Å². The Hall–Kier alpha value is -2.36. The van der Waals surface area contributed by atoms with Crippen LogP contribution in [0.2, 0.25) is 0 Å². The summed E-state index contributed by atoms with van der Waals surface area (Å²) in [6.07, 6.45) is 0.824. The van der Waals surface area contributed by atoms with Gasteiger partial charge in [-0.05, 0) is 23.3 Å². The molecule has 4 heteroatoms. The van der Waals surface area contributed by atoms with Crippen molar-refractivity contribution in [2.75, 3.05) is 0 Å². The smallest absolute Gasteiger partial charge is 0.155 e. The molecular weight excluding hydrogens is 238 g/mol. The molecule has 0 amide bonds. The van der Waals surface area contributed by atoms with Gasteiger partial charge in [-0.3, -0.25) is 9.59 Å². The van der Waals surface area contributed by atoms with Crippen molar-refractivity contribution in [2.45, 2.75) is 0 Å². The summed E-state index contributed by atoms with van der Waals surface area (Å²) >= 11 is 0. The molecule has 0 aliphatic rings. The van der Waals surface area contributed by atoms with Crippen LogP contribution in [0.3, 0.4) is 0 Å². The van der Waals surface area contributed by atoms with Gasteiger partial charge in [0.15, 0.2) is 6.29 Å². The van der Waals surface area contributed by atoms with Gasteiger partial charge in [-0.2, -0.15) is 0 Å². The Morgan fingerprint density at radius 3 is 1.78 bits per heavy atom. The minimum atomic E-state index is -0.903. The average molecular weight is 246 g/mol. The molecule has 0 saturated heterocycles. The molecule has 0 aliphatic carbocycles. The van der Waals surface area contributed by atoms with Crippen molar-refractivity contribution in [3.05, 3.63) is 59.2 Å². The highest BCUT2D eigenvalue weighted by molar-refractivity contribution is 5.79.